The molecule has 6 N–H and O–H groups in total. The molecule has 0 saturated carbocycles. The lowest BCUT2D eigenvalue weighted by atomic mass is 9.93. The SMILES string of the molecule is CC(C)(Cc1cccc(CC(=O)NCc2ccc(O)c(Cl)c2Cl)c1)NC[C@@H](O)c1ccc(O)c(NS(C)(=O)=O)c1. The fourth-order valence-corrected chi connectivity index (χ4v) is 5.09. The van der Waals surface area contributed by atoms with Crippen LogP contribution < -0.4 is 15.4 Å². The van der Waals surface area contributed by atoms with Crippen molar-refractivity contribution >= 4 is 44.8 Å². The quantitative estimate of drug-likeness (QED) is 0.168. The van der Waals surface area contributed by atoms with Crippen molar-refractivity contribution in [2.24, 2.45) is 0 Å². The lowest BCUT2D eigenvalue weighted by Gasteiger charge is -2.28. The Labute approximate surface area is 244 Å². The van der Waals surface area contributed by atoms with E-state index in [1.807, 2.05) is 38.1 Å². The van der Waals surface area contributed by atoms with Crippen LogP contribution in [-0.2, 0) is 34.2 Å². The smallest absolute Gasteiger partial charge is 0.229 e. The van der Waals surface area contributed by atoms with Gasteiger partial charge in [-0.2, -0.15) is 0 Å². The van der Waals surface area contributed by atoms with E-state index < -0.39 is 21.7 Å². The number of anilines is 1. The van der Waals surface area contributed by atoms with Crippen LogP contribution >= 0.6 is 23.2 Å². The van der Waals surface area contributed by atoms with Gasteiger partial charge in [-0.1, -0.05) is 59.6 Å². The number of hydrogen-bond acceptors (Lipinski definition) is 7. The van der Waals surface area contributed by atoms with Crippen LogP contribution in [0.25, 0.3) is 0 Å². The van der Waals surface area contributed by atoms with Gasteiger partial charge >= 0.3 is 0 Å². The molecule has 0 bridgehead atoms. The van der Waals surface area contributed by atoms with Gasteiger partial charge in [0, 0.05) is 18.6 Å². The summed E-state index contributed by atoms with van der Waals surface area (Å²) in [4.78, 5) is 12.5. The molecule has 0 aliphatic rings. The summed E-state index contributed by atoms with van der Waals surface area (Å²) in [7, 11) is -3.60. The molecule has 216 valence electrons. The number of aromatic hydroxyl groups is 2. The van der Waals surface area contributed by atoms with Gasteiger partial charge in [-0.15, -0.1) is 0 Å². The summed E-state index contributed by atoms with van der Waals surface area (Å²) in [5, 5.41) is 36.6. The molecule has 0 unspecified atom stereocenters. The molecule has 0 spiro atoms. The van der Waals surface area contributed by atoms with Gasteiger partial charge < -0.3 is 26.0 Å². The Morgan fingerprint density at radius 3 is 2.35 bits per heavy atom. The molecule has 9 nitrogen and oxygen atoms in total. The highest BCUT2D eigenvalue weighted by Gasteiger charge is 2.21. The van der Waals surface area contributed by atoms with Crippen molar-refractivity contribution in [2.75, 3.05) is 17.5 Å². The standard InChI is InChI=1S/C28H33Cl2N3O6S/c1-28(2,32-16-24(36)19-7-9-22(34)21(13-19)33-40(3,38)39)14-18-6-4-5-17(11-18)12-25(37)31-15-20-8-10-23(35)27(30)26(20)29/h4-11,13,24,32-36H,12,14-16H2,1-3H3,(H,31,37)/t24-/m1/s1. The molecule has 3 rings (SSSR count). The minimum absolute atomic E-state index is 0.00544. The Morgan fingerprint density at radius 2 is 1.65 bits per heavy atom. The summed E-state index contributed by atoms with van der Waals surface area (Å²) in [6.07, 6.45) is 0.791. The van der Waals surface area contributed by atoms with E-state index in [2.05, 4.69) is 15.4 Å². The third-order valence-electron chi connectivity index (χ3n) is 6.09. The van der Waals surface area contributed by atoms with Crippen LogP contribution in [0.4, 0.5) is 5.69 Å². The minimum Gasteiger partial charge on any atom is -0.506 e. The first kappa shape index (κ1) is 31.5. The normalized spacial score (nSPS) is 12.7. The predicted molar refractivity (Wildman–Crippen MR) is 157 cm³/mol. The summed E-state index contributed by atoms with van der Waals surface area (Å²) in [6, 6.07) is 14.9. The second-order valence-corrected chi connectivity index (χ2v) is 12.8. The Kier molecular flexibility index (Phi) is 10.3. The van der Waals surface area contributed by atoms with E-state index in [0.717, 1.165) is 17.4 Å². The monoisotopic (exact) mass is 609 g/mol. The van der Waals surface area contributed by atoms with E-state index >= 15 is 0 Å². The zero-order chi connectivity index (χ0) is 29.7. The van der Waals surface area contributed by atoms with Crippen LogP contribution in [0.15, 0.2) is 54.6 Å². The van der Waals surface area contributed by atoms with Crippen LogP contribution in [0.1, 0.15) is 42.2 Å². The van der Waals surface area contributed by atoms with Crippen molar-refractivity contribution in [3.05, 3.63) is 86.9 Å². The number of aliphatic hydroxyl groups is 1. The van der Waals surface area contributed by atoms with Crippen molar-refractivity contribution < 1.29 is 28.5 Å². The van der Waals surface area contributed by atoms with Crippen LogP contribution in [0.3, 0.4) is 0 Å². The summed E-state index contributed by atoms with van der Waals surface area (Å²) in [5.74, 6) is -0.560. The van der Waals surface area contributed by atoms with Crippen molar-refractivity contribution in [3.8, 4) is 11.5 Å². The number of benzene rings is 3. The van der Waals surface area contributed by atoms with Gasteiger partial charge in [-0.25, -0.2) is 8.42 Å². The van der Waals surface area contributed by atoms with Gasteiger partial charge in [0.25, 0.3) is 0 Å². The van der Waals surface area contributed by atoms with Crippen LogP contribution in [0.2, 0.25) is 10.0 Å². The first-order valence-electron chi connectivity index (χ1n) is 12.4. The number of carbonyl (C=O) groups is 1. The summed E-state index contributed by atoms with van der Waals surface area (Å²) >= 11 is 12.1. The molecule has 0 aliphatic heterocycles. The number of amides is 1. The second-order valence-electron chi connectivity index (χ2n) is 10.3. The van der Waals surface area contributed by atoms with E-state index in [4.69, 9.17) is 23.2 Å². The minimum atomic E-state index is -3.60. The fourth-order valence-electron chi connectivity index (χ4n) is 4.11. The zero-order valence-electron chi connectivity index (χ0n) is 22.3. The van der Waals surface area contributed by atoms with Crippen molar-refractivity contribution in [1.29, 1.82) is 0 Å². The Balaban J connectivity index is 1.56. The maximum absolute atomic E-state index is 12.5. The third-order valence-corrected chi connectivity index (χ3v) is 7.60. The van der Waals surface area contributed by atoms with Crippen LogP contribution in [0.5, 0.6) is 11.5 Å². The van der Waals surface area contributed by atoms with E-state index in [1.54, 1.807) is 6.07 Å². The van der Waals surface area contributed by atoms with Crippen molar-refractivity contribution in [1.82, 2.24) is 10.6 Å². The van der Waals surface area contributed by atoms with Gasteiger partial charge in [-0.05, 0) is 60.7 Å². The number of rotatable bonds is 12. The number of nitrogens with one attached hydrogen (secondary N) is 3. The molecular weight excluding hydrogens is 577 g/mol. The Morgan fingerprint density at radius 1 is 0.975 bits per heavy atom. The molecule has 0 fully saturated rings. The predicted octanol–water partition coefficient (Wildman–Crippen LogP) is 4.28. The maximum atomic E-state index is 12.5. The van der Waals surface area contributed by atoms with Crippen LogP contribution in [-0.4, -0.2) is 48.0 Å². The fraction of sp³-hybridized carbons (Fsp3) is 0.321. The number of aliphatic hydroxyl groups excluding tert-OH is 1. The zero-order valence-corrected chi connectivity index (χ0v) is 24.7. The number of carbonyl (C=O) groups excluding carboxylic acids is 1. The molecule has 40 heavy (non-hydrogen) atoms. The van der Waals surface area contributed by atoms with Gasteiger partial charge in [-0.3, -0.25) is 9.52 Å². The van der Waals surface area contributed by atoms with Gasteiger partial charge in [0.2, 0.25) is 15.9 Å². The summed E-state index contributed by atoms with van der Waals surface area (Å²) < 4.78 is 25.3. The van der Waals surface area contributed by atoms with Gasteiger partial charge in [0.1, 0.15) is 16.5 Å². The van der Waals surface area contributed by atoms with Crippen molar-refractivity contribution in [2.45, 2.75) is 44.9 Å². The largest absolute Gasteiger partial charge is 0.506 e. The van der Waals surface area contributed by atoms with E-state index in [0.29, 0.717) is 17.5 Å². The topological polar surface area (TPSA) is 148 Å². The molecular formula is C28H33Cl2N3O6S. The molecule has 1 atom stereocenters. The molecule has 0 aliphatic carbocycles. The average molecular weight is 611 g/mol. The molecule has 3 aromatic carbocycles. The number of hydrogen-bond donors (Lipinski definition) is 6. The molecule has 0 aromatic heterocycles. The summed E-state index contributed by atoms with van der Waals surface area (Å²) in [6.45, 7) is 4.32. The third kappa shape index (κ3) is 9.28. The first-order chi connectivity index (χ1) is 18.6. The Bertz CT molecular complexity index is 1480. The van der Waals surface area contributed by atoms with E-state index in [-0.39, 0.29) is 52.6 Å². The number of phenols is 2. The molecule has 1 amide bonds. The molecule has 0 radical (unpaired) electrons. The van der Waals surface area contributed by atoms with Gasteiger partial charge in [0.05, 0.1) is 29.5 Å². The van der Waals surface area contributed by atoms with E-state index in [9.17, 15) is 28.5 Å². The number of phenolic OH excluding ortho intramolecular Hbond substituents is 2. The first-order valence-corrected chi connectivity index (χ1v) is 15.0. The highest BCUT2D eigenvalue weighted by atomic mass is 35.5. The number of β-amino-alcohol motifs (C(OH)–C–C–N with tert-alkyl or cyclic N) is 1. The lowest BCUT2D eigenvalue weighted by Crippen LogP contribution is -2.43. The average Bonchev–Trinajstić information content (AvgIpc) is 2.86. The van der Waals surface area contributed by atoms with Crippen molar-refractivity contribution in [3.63, 3.8) is 0 Å². The van der Waals surface area contributed by atoms with Gasteiger partial charge in [0.15, 0.2) is 0 Å². The molecule has 0 saturated heterocycles. The highest BCUT2D eigenvalue weighted by Crippen LogP contribution is 2.33. The second kappa shape index (κ2) is 13.1. The molecule has 0 heterocycles. The Hall–Kier alpha value is -3.02. The number of halogens is 2. The van der Waals surface area contributed by atoms with Crippen LogP contribution in [0, 0.1) is 0 Å². The lowest BCUT2D eigenvalue weighted by molar-refractivity contribution is -0.120. The highest BCUT2D eigenvalue weighted by molar-refractivity contribution is 7.92. The number of sulfonamides is 1. The molecule has 3 aromatic rings. The molecule has 12 heteroatoms. The summed E-state index contributed by atoms with van der Waals surface area (Å²) in [5.41, 5.74) is 2.43. The van der Waals surface area contributed by atoms with E-state index in [1.165, 1.54) is 24.3 Å². The maximum Gasteiger partial charge on any atom is 0.229 e.